The molecule has 0 unspecified atom stereocenters. The van der Waals surface area contributed by atoms with Crippen molar-refractivity contribution in [1.82, 2.24) is 0 Å². The number of hydrogen-bond donors (Lipinski definition) is 8. The Morgan fingerprint density at radius 1 is 0.418 bits per heavy atom. The maximum absolute atomic E-state index is 11.4. The van der Waals surface area contributed by atoms with Crippen LogP contribution in [0.4, 0.5) is 79.6 Å². The molecule has 0 heterocycles. The first kappa shape index (κ1) is 79.7. The second-order valence-corrected chi connectivity index (χ2v) is 19.3. The first-order valence-corrected chi connectivity index (χ1v) is 24.2. The number of nitrogens with two attached hydrogens (primary N) is 2. The molecule has 0 fully saturated rings. The Hall–Kier alpha value is -3.55. The van der Waals surface area contributed by atoms with Gasteiger partial charge in [0.2, 0.25) is 0 Å². The third-order valence-electron chi connectivity index (χ3n) is 8.69. The van der Waals surface area contributed by atoms with Crippen LogP contribution in [0.1, 0.15) is 0 Å². The maximum Gasteiger partial charge on any atom is 1.00 e. The summed E-state index contributed by atoms with van der Waals surface area (Å²) < 4.78 is 127. The minimum Gasteiger partial charge on any atom is -0.697 e. The Kier molecular flexibility index (Phi) is 33.2. The van der Waals surface area contributed by atoms with Gasteiger partial charge in [-0.1, -0.05) is 0 Å². The summed E-state index contributed by atoms with van der Waals surface area (Å²) in [6, 6.07) is 16.1. The molecule has 0 aromatic heterocycles. The number of non-ortho nitro benzene ring substituents is 2. The number of nitro benzene ring substituents is 2. The molecule has 6 aromatic carbocycles. The molecule has 0 spiro atoms. The normalized spacial score (nSPS) is 11.3. The van der Waals surface area contributed by atoms with E-state index in [0.717, 1.165) is 48.5 Å². The van der Waals surface area contributed by atoms with Crippen LogP contribution in [-0.4, -0.2) is 77.4 Å². The van der Waals surface area contributed by atoms with Crippen molar-refractivity contribution >= 4 is 120 Å². The summed E-state index contributed by atoms with van der Waals surface area (Å²) in [5.74, 6) is -2.20. The Morgan fingerprint density at radius 3 is 0.937 bits per heavy atom. The van der Waals surface area contributed by atoms with Crippen LogP contribution in [0.3, 0.4) is 0 Å². The molecule has 14 N–H and O–H groups in total. The smallest absolute Gasteiger partial charge is 0.697 e. The number of nitrogens with one attached hydrogen (secondary N) is 2. The molecule has 0 aliphatic heterocycles. The van der Waals surface area contributed by atoms with Gasteiger partial charge in [-0.15, -0.1) is 31.8 Å². The predicted octanol–water partition coefficient (Wildman–Crippen LogP) is -6.03. The molecule has 0 bridgehead atoms. The van der Waals surface area contributed by atoms with Gasteiger partial charge >= 0.3 is 148 Å². The summed E-state index contributed by atoms with van der Waals surface area (Å²) in [6.07, 6.45) is 0. The second-order valence-electron chi connectivity index (χ2n) is 13.7. The summed E-state index contributed by atoms with van der Waals surface area (Å²) >= 11 is 0. The Balaban J connectivity index is -0.00000134. The summed E-state index contributed by atoms with van der Waals surface area (Å²) in [7, 11) is -18.9. The molecule has 0 aliphatic rings. The van der Waals surface area contributed by atoms with E-state index in [-0.39, 0.29) is 237 Å². The molecule has 0 aliphatic carbocycles. The van der Waals surface area contributed by atoms with Gasteiger partial charge in [-0.2, -0.15) is 54.1 Å². The summed E-state index contributed by atoms with van der Waals surface area (Å²) in [5.41, 5.74) is 23.9. The van der Waals surface area contributed by atoms with E-state index < -0.39 is 94.4 Å². The average Bonchev–Trinajstić information content (AvgIpc) is 3.27. The molecule has 43 heteroatoms. The van der Waals surface area contributed by atoms with Crippen molar-refractivity contribution in [3.8, 4) is 11.5 Å². The fourth-order valence-corrected chi connectivity index (χ4v) is 7.45. The number of anilines is 2. The average molecular weight is 1260 g/mol. The summed E-state index contributed by atoms with van der Waals surface area (Å²) in [4.78, 5) is 17.2. The van der Waals surface area contributed by atoms with Crippen molar-refractivity contribution in [2.75, 3.05) is 11.5 Å². The van der Waals surface area contributed by atoms with Crippen molar-refractivity contribution < 1.29 is 243 Å². The number of hydrogen-bond acceptors (Lipinski definition) is 24. The molecule has 79 heavy (non-hydrogen) atoms. The quantitative estimate of drug-likeness (QED) is 0.0126. The Morgan fingerprint density at radius 2 is 0.684 bits per heavy atom. The van der Waals surface area contributed by atoms with Crippen molar-refractivity contribution in [1.29, 1.82) is 0 Å². The number of phenolic OH excluding ortho intramolecular Hbond substituents is 2. The van der Waals surface area contributed by atoms with Crippen LogP contribution in [0.5, 0.6) is 11.5 Å². The summed E-state index contributed by atoms with van der Waals surface area (Å²) in [5, 5.41) is 72.3. The van der Waals surface area contributed by atoms with Crippen LogP contribution in [0.2, 0.25) is 0 Å². The minimum atomic E-state index is -5.04. The van der Waals surface area contributed by atoms with Crippen LogP contribution in [0.15, 0.2) is 158 Å². The van der Waals surface area contributed by atoms with Crippen LogP contribution in [-0.2, 0) is 57.8 Å². The number of aromatic hydroxyl groups is 2. The van der Waals surface area contributed by atoms with Gasteiger partial charge in [0.1, 0.15) is 32.5 Å². The maximum atomic E-state index is 11.4. The molecule has 0 amide bonds. The zero-order valence-electron chi connectivity index (χ0n) is 41.0. The third kappa shape index (κ3) is 22.3. The van der Waals surface area contributed by atoms with E-state index in [1.807, 2.05) is 0 Å². The van der Waals surface area contributed by atoms with Gasteiger partial charge < -0.3 is 38.6 Å². The molecular weight excluding hydrogens is 1230 g/mol. The molecule has 6 aromatic rings. The molecule has 0 saturated heterocycles. The standard InChI is InChI=1S/2C18H14N7O9S2.Cr.5Na.H2O/c2*19-12-7-13(20)15(8-14(12)22-21-9-1-3-11(4-2-9)35(29,30)31)23-24-16-5-10(25(27)28)6-17(18(16)26)36(32,33)34;;;;;;;/h2*1-8H,(H6-,19,20,21,22,23,24,26,29,30,31,32,33,34);;;;;;;1H2/q2*-1;;5*+1;. The van der Waals surface area contributed by atoms with E-state index in [0.29, 0.717) is 24.3 Å². The first-order chi connectivity index (χ1) is 33.3. The number of nitrogen functional groups attached to an aromatic ring is 2. The zero-order chi connectivity index (χ0) is 53.7. The molecule has 33 nitrogen and oxygen atoms in total. The molecule has 0 saturated carbocycles. The molecule has 0 radical (unpaired) electrons. The van der Waals surface area contributed by atoms with Gasteiger partial charge in [0, 0.05) is 41.6 Å². The van der Waals surface area contributed by atoms with E-state index >= 15 is 0 Å². The van der Waals surface area contributed by atoms with Crippen LogP contribution in [0, 0.1) is 20.2 Å². The number of phenols is 2. The SMILES string of the molecule is O.[Cr].[NH-]c1cc(N)c(N=Nc2cc([N+](=O)[O-])cc(S(=O)(=O)O)c2O)cc1N=Nc1ccc(S(=O)(=O)O)cc1.[NH-]c1cc(N)c(N=Nc2cc([N+](=O)[O-])cc(S(=O)(=O)O)c2O)cc1N=Nc1ccc(S(=O)(=O)O)cc1.[Na+].[Na+].[Na+].[Na+].[Na+]. The Bertz CT molecular complexity index is 3560. The largest absolute Gasteiger partial charge is 1.00 e. The van der Waals surface area contributed by atoms with Gasteiger partial charge in [0.05, 0.1) is 53.8 Å². The van der Waals surface area contributed by atoms with E-state index in [9.17, 15) is 73.2 Å². The molecule has 0 atom stereocenters. The van der Waals surface area contributed by atoms with E-state index in [1.54, 1.807) is 0 Å². The van der Waals surface area contributed by atoms with Crippen LogP contribution >= 0.6 is 0 Å². The Labute approximate surface area is 567 Å². The number of azo groups is 4. The van der Waals surface area contributed by atoms with Crippen molar-refractivity contribution in [2.24, 2.45) is 40.9 Å². The zero-order valence-corrected chi connectivity index (χ0v) is 55.5. The van der Waals surface area contributed by atoms with E-state index in [1.165, 1.54) is 24.3 Å². The van der Waals surface area contributed by atoms with E-state index in [4.69, 9.17) is 32.0 Å². The minimum absolute atomic E-state index is 0. The van der Waals surface area contributed by atoms with Gasteiger partial charge in [0.25, 0.3) is 51.8 Å². The van der Waals surface area contributed by atoms with Crippen molar-refractivity contribution in [3.05, 3.63) is 129 Å². The van der Waals surface area contributed by atoms with Gasteiger partial charge in [-0.05, 0) is 72.8 Å². The number of nitrogens with zero attached hydrogens (tertiary/aromatic N) is 10. The first-order valence-electron chi connectivity index (χ1n) is 18.4. The van der Waals surface area contributed by atoms with Crippen molar-refractivity contribution in [2.45, 2.75) is 19.6 Å². The van der Waals surface area contributed by atoms with E-state index in [2.05, 4.69) is 40.9 Å². The number of benzene rings is 6. The van der Waals surface area contributed by atoms with Crippen LogP contribution < -0.4 is 159 Å². The number of nitro groups is 2. The van der Waals surface area contributed by atoms with Gasteiger partial charge in [-0.25, -0.2) is 0 Å². The van der Waals surface area contributed by atoms with Crippen molar-refractivity contribution in [3.63, 3.8) is 0 Å². The second kappa shape index (κ2) is 32.9. The van der Waals surface area contributed by atoms with Crippen LogP contribution in [0.25, 0.3) is 11.5 Å². The third-order valence-corrected chi connectivity index (χ3v) is 12.2. The predicted molar refractivity (Wildman–Crippen MR) is 252 cm³/mol. The molecule has 390 valence electrons. The van der Waals surface area contributed by atoms with Gasteiger partial charge in [-0.3, -0.25) is 38.4 Å². The molecule has 6 rings (SSSR count). The summed E-state index contributed by atoms with van der Waals surface area (Å²) in [6.45, 7) is 0. The fourth-order valence-electron chi connectivity index (χ4n) is 5.25. The fraction of sp³-hybridized carbons (Fsp3) is 0. The van der Waals surface area contributed by atoms with Gasteiger partial charge in [0.15, 0.2) is 11.5 Å². The number of rotatable bonds is 14. The topological polar surface area (TPSA) is 574 Å². The molecular formula is C36H30CrN14Na5O19S4+3. The monoisotopic (exact) mass is 1260 g/mol.